The van der Waals surface area contributed by atoms with E-state index < -0.39 is 0 Å². The number of benzene rings is 1. The number of para-hydroxylation sites is 1. The molecule has 19 heavy (non-hydrogen) atoms. The van der Waals surface area contributed by atoms with Gasteiger partial charge in [-0.05, 0) is 13.0 Å². The first kappa shape index (κ1) is 15.8. The van der Waals surface area contributed by atoms with Gasteiger partial charge in [0.2, 0.25) is 0 Å². The lowest BCUT2D eigenvalue weighted by molar-refractivity contribution is 0.108. The average molecular weight is 269 g/mol. The maximum absolute atomic E-state index is 8.78. The molecule has 2 N–H and O–H groups in total. The van der Waals surface area contributed by atoms with Crippen molar-refractivity contribution in [3.63, 3.8) is 0 Å². The first-order valence-corrected chi connectivity index (χ1v) is 6.51. The summed E-state index contributed by atoms with van der Waals surface area (Å²) in [5, 5.41) is 11.9. The van der Waals surface area contributed by atoms with Crippen LogP contribution in [0.1, 0.15) is 12.5 Å². The largest absolute Gasteiger partial charge is 0.493 e. The molecular weight excluding hydrogens is 246 g/mol. The van der Waals surface area contributed by atoms with Crippen LogP contribution < -0.4 is 14.8 Å². The predicted molar refractivity (Wildman–Crippen MR) is 73.8 cm³/mol. The summed E-state index contributed by atoms with van der Waals surface area (Å²) in [5.41, 5.74) is 1.00. The minimum absolute atomic E-state index is 0.116. The van der Waals surface area contributed by atoms with Crippen LogP contribution in [0.5, 0.6) is 11.5 Å². The van der Waals surface area contributed by atoms with Gasteiger partial charge in [0.25, 0.3) is 0 Å². The molecule has 0 spiro atoms. The molecule has 1 rings (SSSR count). The van der Waals surface area contributed by atoms with Crippen molar-refractivity contribution >= 4 is 0 Å². The van der Waals surface area contributed by atoms with E-state index in [4.69, 9.17) is 19.3 Å². The molecule has 0 atom stereocenters. The maximum Gasteiger partial charge on any atom is 0.165 e. The molecule has 1 aromatic carbocycles. The predicted octanol–water partition coefficient (Wildman–Crippen LogP) is 1.19. The van der Waals surface area contributed by atoms with Crippen molar-refractivity contribution < 1.29 is 19.3 Å². The molecule has 0 aliphatic carbocycles. The summed E-state index contributed by atoms with van der Waals surface area (Å²) in [6, 6.07) is 5.76. The van der Waals surface area contributed by atoms with E-state index in [1.165, 1.54) is 0 Å². The monoisotopic (exact) mass is 269 g/mol. The van der Waals surface area contributed by atoms with Crippen molar-refractivity contribution in [1.29, 1.82) is 0 Å². The van der Waals surface area contributed by atoms with Crippen LogP contribution in [-0.2, 0) is 11.3 Å². The number of hydrogen-bond donors (Lipinski definition) is 2. The van der Waals surface area contributed by atoms with Gasteiger partial charge in [0, 0.05) is 25.3 Å². The summed E-state index contributed by atoms with van der Waals surface area (Å²) in [4.78, 5) is 0. The Hall–Kier alpha value is -1.30. The van der Waals surface area contributed by atoms with Crippen molar-refractivity contribution in [2.45, 2.75) is 13.5 Å². The first-order chi connectivity index (χ1) is 9.33. The summed E-state index contributed by atoms with van der Waals surface area (Å²) >= 11 is 0. The van der Waals surface area contributed by atoms with E-state index in [0.717, 1.165) is 11.3 Å². The average Bonchev–Trinajstić information content (AvgIpc) is 2.44. The van der Waals surface area contributed by atoms with Crippen LogP contribution in [0.4, 0.5) is 0 Å². The molecule has 0 aromatic heterocycles. The third-order valence-corrected chi connectivity index (χ3v) is 2.56. The van der Waals surface area contributed by atoms with Gasteiger partial charge in [-0.25, -0.2) is 0 Å². The summed E-state index contributed by atoms with van der Waals surface area (Å²) in [6.45, 7) is 4.97. The smallest absolute Gasteiger partial charge is 0.165 e. The van der Waals surface area contributed by atoms with Gasteiger partial charge in [-0.3, -0.25) is 0 Å². The highest BCUT2D eigenvalue weighted by molar-refractivity contribution is 5.46. The van der Waals surface area contributed by atoms with Crippen molar-refractivity contribution in [1.82, 2.24) is 5.32 Å². The lowest BCUT2D eigenvalue weighted by Crippen LogP contribution is -2.18. The molecule has 0 bridgehead atoms. The molecular formula is C14H23NO4. The molecule has 0 aliphatic rings. The second kappa shape index (κ2) is 9.61. The highest BCUT2D eigenvalue weighted by atomic mass is 16.5. The lowest BCUT2D eigenvalue weighted by atomic mass is 10.2. The van der Waals surface area contributed by atoms with Gasteiger partial charge in [-0.2, -0.15) is 0 Å². The van der Waals surface area contributed by atoms with E-state index >= 15 is 0 Å². The summed E-state index contributed by atoms with van der Waals surface area (Å²) in [6.07, 6.45) is 0. The Morgan fingerprint density at radius 2 is 2.11 bits per heavy atom. The number of ether oxygens (including phenoxy) is 3. The topological polar surface area (TPSA) is 60.0 Å². The summed E-state index contributed by atoms with van der Waals surface area (Å²) in [7, 11) is 1.62. The van der Waals surface area contributed by atoms with Crippen LogP contribution in [0.25, 0.3) is 0 Å². The van der Waals surface area contributed by atoms with Gasteiger partial charge in [0.1, 0.15) is 6.61 Å². The molecule has 5 nitrogen and oxygen atoms in total. The third-order valence-electron chi connectivity index (χ3n) is 2.56. The Bertz CT molecular complexity index is 357. The molecule has 0 fully saturated rings. The fraction of sp³-hybridized carbons (Fsp3) is 0.571. The zero-order valence-corrected chi connectivity index (χ0v) is 11.6. The molecule has 0 saturated heterocycles. The van der Waals surface area contributed by atoms with E-state index in [-0.39, 0.29) is 6.61 Å². The first-order valence-electron chi connectivity index (χ1n) is 6.51. The van der Waals surface area contributed by atoms with E-state index in [0.29, 0.717) is 38.7 Å². The van der Waals surface area contributed by atoms with Gasteiger partial charge in [-0.15, -0.1) is 0 Å². The highest BCUT2D eigenvalue weighted by Crippen LogP contribution is 2.30. The van der Waals surface area contributed by atoms with Crippen molar-refractivity contribution in [2.75, 3.05) is 40.1 Å². The molecule has 0 saturated carbocycles. The number of methoxy groups -OCH3 is 1. The second-order valence-electron chi connectivity index (χ2n) is 3.89. The molecule has 1 aromatic rings. The zero-order valence-electron chi connectivity index (χ0n) is 11.6. The normalized spacial score (nSPS) is 10.5. The summed E-state index contributed by atoms with van der Waals surface area (Å²) < 4.78 is 16.3. The minimum Gasteiger partial charge on any atom is -0.493 e. The Kier molecular flexibility index (Phi) is 7.97. The van der Waals surface area contributed by atoms with E-state index in [9.17, 15) is 0 Å². The van der Waals surface area contributed by atoms with Crippen molar-refractivity contribution in [3.8, 4) is 11.5 Å². The Balaban J connectivity index is 2.66. The fourth-order valence-corrected chi connectivity index (χ4v) is 1.67. The SMILES string of the molecule is CCOCCOc1c(CNCCO)cccc1OC. The van der Waals surface area contributed by atoms with Gasteiger partial charge < -0.3 is 24.6 Å². The van der Waals surface area contributed by atoms with Gasteiger partial charge >= 0.3 is 0 Å². The molecule has 0 heterocycles. The Morgan fingerprint density at radius 1 is 1.26 bits per heavy atom. The van der Waals surface area contributed by atoms with Crippen LogP contribution >= 0.6 is 0 Å². The number of aliphatic hydroxyl groups is 1. The molecule has 0 amide bonds. The van der Waals surface area contributed by atoms with Crippen LogP contribution in [0, 0.1) is 0 Å². The minimum atomic E-state index is 0.116. The van der Waals surface area contributed by atoms with Crippen LogP contribution in [-0.4, -0.2) is 45.2 Å². The van der Waals surface area contributed by atoms with Crippen molar-refractivity contribution in [3.05, 3.63) is 23.8 Å². The van der Waals surface area contributed by atoms with Gasteiger partial charge in [0.05, 0.1) is 20.3 Å². The zero-order chi connectivity index (χ0) is 13.9. The fourth-order valence-electron chi connectivity index (χ4n) is 1.67. The third kappa shape index (κ3) is 5.46. The maximum atomic E-state index is 8.78. The van der Waals surface area contributed by atoms with E-state index in [1.807, 2.05) is 25.1 Å². The molecule has 0 aliphatic heterocycles. The van der Waals surface area contributed by atoms with Crippen LogP contribution in [0.15, 0.2) is 18.2 Å². The number of hydrogen-bond acceptors (Lipinski definition) is 5. The van der Waals surface area contributed by atoms with Crippen LogP contribution in [0.3, 0.4) is 0 Å². The quantitative estimate of drug-likeness (QED) is 0.625. The highest BCUT2D eigenvalue weighted by Gasteiger charge is 2.10. The van der Waals surface area contributed by atoms with Crippen molar-refractivity contribution in [2.24, 2.45) is 0 Å². The second-order valence-corrected chi connectivity index (χ2v) is 3.89. The molecule has 0 radical (unpaired) electrons. The number of rotatable bonds is 10. The van der Waals surface area contributed by atoms with Gasteiger partial charge in [0.15, 0.2) is 11.5 Å². The van der Waals surface area contributed by atoms with E-state index in [2.05, 4.69) is 5.32 Å². The number of nitrogens with one attached hydrogen (secondary N) is 1. The van der Waals surface area contributed by atoms with Crippen LogP contribution in [0.2, 0.25) is 0 Å². The standard InChI is InChI=1S/C14H23NO4/c1-3-18-9-10-19-14-12(11-15-7-8-16)5-4-6-13(14)17-2/h4-6,15-16H,3,7-11H2,1-2H3. The Morgan fingerprint density at radius 3 is 2.79 bits per heavy atom. The van der Waals surface area contributed by atoms with Gasteiger partial charge in [-0.1, -0.05) is 12.1 Å². The summed E-state index contributed by atoms with van der Waals surface area (Å²) in [5.74, 6) is 1.44. The molecule has 0 unspecified atom stereocenters. The number of aliphatic hydroxyl groups excluding tert-OH is 1. The lowest BCUT2D eigenvalue weighted by Gasteiger charge is -2.15. The Labute approximate surface area is 114 Å². The molecule has 5 heteroatoms. The molecule has 108 valence electrons. The van der Waals surface area contributed by atoms with E-state index in [1.54, 1.807) is 7.11 Å².